The van der Waals surface area contributed by atoms with Crippen LogP contribution in [0.5, 0.6) is 11.5 Å². The maximum Gasteiger partial charge on any atom is 0.251 e. The molecule has 1 atom stereocenters. The van der Waals surface area contributed by atoms with Crippen LogP contribution in [-0.2, 0) is 4.79 Å². The number of rotatable bonds is 5. The van der Waals surface area contributed by atoms with Gasteiger partial charge in [-0.25, -0.2) is 0 Å². The van der Waals surface area contributed by atoms with Crippen LogP contribution in [0.2, 0.25) is 0 Å². The normalized spacial score (nSPS) is 17.3. The lowest BCUT2D eigenvalue weighted by Gasteiger charge is -2.24. The number of amides is 2. The summed E-state index contributed by atoms with van der Waals surface area (Å²) in [5.41, 5.74) is 0.822. The molecule has 2 amide bonds. The summed E-state index contributed by atoms with van der Waals surface area (Å²) in [6.07, 6.45) is 1.98. The number of carbonyl (C=O) groups excluding carboxylic acids is 2. The largest absolute Gasteiger partial charge is 0.493 e. The fourth-order valence-corrected chi connectivity index (χ4v) is 2.62. The van der Waals surface area contributed by atoms with E-state index in [1.165, 1.54) is 21.1 Å². The second-order valence-electron chi connectivity index (χ2n) is 5.46. The highest BCUT2D eigenvalue weighted by Gasteiger charge is 2.20. The predicted octanol–water partition coefficient (Wildman–Crippen LogP) is 1.14. The highest BCUT2D eigenvalue weighted by Crippen LogP contribution is 2.36. The molecule has 0 saturated carbocycles. The number of hydrogen-bond acceptors (Lipinski definition) is 5. The van der Waals surface area contributed by atoms with Crippen molar-refractivity contribution in [2.24, 2.45) is 0 Å². The van der Waals surface area contributed by atoms with Gasteiger partial charge in [-0.3, -0.25) is 9.59 Å². The molecule has 1 aliphatic rings. The van der Waals surface area contributed by atoms with Crippen molar-refractivity contribution in [2.45, 2.75) is 25.8 Å². The Morgan fingerprint density at radius 2 is 2.04 bits per heavy atom. The van der Waals surface area contributed by atoms with E-state index in [0.29, 0.717) is 22.7 Å². The van der Waals surface area contributed by atoms with E-state index >= 15 is 0 Å². The van der Waals surface area contributed by atoms with E-state index < -0.39 is 0 Å². The molecule has 7 heteroatoms. The Labute approximate surface area is 135 Å². The van der Waals surface area contributed by atoms with Crippen LogP contribution in [0, 0.1) is 0 Å². The summed E-state index contributed by atoms with van der Waals surface area (Å²) in [5.74, 6) is 0.329. The molecular weight excluding hydrogens is 298 g/mol. The van der Waals surface area contributed by atoms with E-state index in [0.717, 1.165) is 25.9 Å². The molecular formula is C16H23N3O4. The van der Waals surface area contributed by atoms with Crippen LogP contribution < -0.4 is 25.4 Å². The molecule has 3 N–H and O–H groups in total. The number of nitrogens with one attached hydrogen (secondary N) is 3. The standard InChI is InChI=1S/C16H23N3O4/c1-10(20)18-13-7-11(8-14(22-2)15(13)23-3)16(21)19-12-5-4-6-17-9-12/h7-8,12,17H,4-6,9H2,1-3H3,(H,18,20)(H,19,21). The molecule has 1 unspecified atom stereocenters. The lowest BCUT2D eigenvalue weighted by atomic mass is 10.1. The van der Waals surface area contributed by atoms with Gasteiger partial charge in [0.25, 0.3) is 5.91 Å². The number of methoxy groups -OCH3 is 2. The first-order valence-corrected chi connectivity index (χ1v) is 7.60. The molecule has 0 aliphatic carbocycles. The SMILES string of the molecule is COc1cc(C(=O)NC2CCCNC2)cc(NC(C)=O)c1OC. The number of hydrogen-bond donors (Lipinski definition) is 3. The second kappa shape index (κ2) is 7.82. The molecule has 1 aliphatic heterocycles. The molecule has 1 saturated heterocycles. The van der Waals surface area contributed by atoms with Gasteiger partial charge in [0.15, 0.2) is 11.5 Å². The average molecular weight is 321 g/mol. The Morgan fingerprint density at radius 1 is 1.26 bits per heavy atom. The molecule has 1 heterocycles. The first kappa shape index (κ1) is 17.1. The van der Waals surface area contributed by atoms with Crippen molar-refractivity contribution in [1.82, 2.24) is 10.6 Å². The fourth-order valence-electron chi connectivity index (χ4n) is 2.62. The summed E-state index contributed by atoms with van der Waals surface area (Å²) >= 11 is 0. The lowest BCUT2D eigenvalue weighted by molar-refractivity contribution is -0.114. The zero-order valence-corrected chi connectivity index (χ0v) is 13.7. The van der Waals surface area contributed by atoms with Gasteiger partial charge < -0.3 is 25.4 Å². The predicted molar refractivity (Wildman–Crippen MR) is 87.2 cm³/mol. The van der Waals surface area contributed by atoms with Crippen LogP contribution in [-0.4, -0.2) is 45.2 Å². The zero-order valence-electron chi connectivity index (χ0n) is 13.7. The first-order valence-electron chi connectivity index (χ1n) is 7.60. The van der Waals surface area contributed by atoms with Crippen molar-refractivity contribution < 1.29 is 19.1 Å². The van der Waals surface area contributed by atoms with E-state index in [2.05, 4.69) is 16.0 Å². The van der Waals surface area contributed by atoms with Gasteiger partial charge in [0.1, 0.15) is 0 Å². The Bertz CT molecular complexity index is 583. The smallest absolute Gasteiger partial charge is 0.251 e. The van der Waals surface area contributed by atoms with E-state index in [-0.39, 0.29) is 17.9 Å². The van der Waals surface area contributed by atoms with Crippen LogP contribution in [0.25, 0.3) is 0 Å². The minimum atomic E-state index is -0.251. The van der Waals surface area contributed by atoms with Crippen molar-refractivity contribution in [3.8, 4) is 11.5 Å². The number of benzene rings is 1. The lowest BCUT2D eigenvalue weighted by Crippen LogP contribution is -2.45. The summed E-state index contributed by atoms with van der Waals surface area (Å²) in [4.78, 5) is 23.8. The van der Waals surface area contributed by atoms with Gasteiger partial charge in [0, 0.05) is 25.1 Å². The van der Waals surface area contributed by atoms with Crippen LogP contribution in [0.3, 0.4) is 0 Å². The van der Waals surface area contributed by atoms with Crippen molar-refractivity contribution in [3.05, 3.63) is 17.7 Å². The Balaban J connectivity index is 2.26. The third-order valence-electron chi connectivity index (χ3n) is 3.68. The van der Waals surface area contributed by atoms with Crippen LogP contribution in [0.1, 0.15) is 30.1 Å². The summed E-state index contributed by atoms with van der Waals surface area (Å²) in [5, 5.41) is 8.91. The number of carbonyl (C=O) groups is 2. The molecule has 0 bridgehead atoms. The second-order valence-corrected chi connectivity index (χ2v) is 5.46. The molecule has 1 fully saturated rings. The van der Waals surface area contributed by atoms with E-state index in [1.807, 2.05) is 0 Å². The summed E-state index contributed by atoms with van der Waals surface area (Å²) in [7, 11) is 2.97. The van der Waals surface area contributed by atoms with Crippen molar-refractivity contribution in [3.63, 3.8) is 0 Å². The number of anilines is 1. The summed E-state index contributed by atoms with van der Waals surface area (Å²) in [6, 6.07) is 3.30. The minimum absolute atomic E-state index is 0.105. The maximum atomic E-state index is 12.5. The highest BCUT2D eigenvalue weighted by atomic mass is 16.5. The third kappa shape index (κ3) is 4.35. The third-order valence-corrected chi connectivity index (χ3v) is 3.68. The van der Waals surface area contributed by atoms with Gasteiger partial charge in [-0.05, 0) is 31.5 Å². The van der Waals surface area contributed by atoms with Crippen molar-refractivity contribution in [1.29, 1.82) is 0 Å². The Kier molecular flexibility index (Phi) is 5.81. The van der Waals surface area contributed by atoms with Gasteiger partial charge in [-0.2, -0.15) is 0 Å². The fraction of sp³-hybridized carbons (Fsp3) is 0.500. The van der Waals surface area contributed by atoms with Crippen molar-refractivity contribution >= 4 is 17.5 Å². The van der Waals surface area contributed by atoms with E-state index in [4.69, 9.17) is 9.47 Å². The van der Waals surface area contributed by atoms with Crippen molar-refractivity contribution in [2.75, 3.05) is 32.6 Å². The van der Waals surface area contributed by atoms with Crippen LogP contribution in [0.15, 0.2) is 12.1 Å². The topological polar surface area (TPSA) is 88.7 Å². The Morgan fingerprint density at radius 3 is 2.61 bits per heavy atom. The zero-order chi connectivity index (χ0) is 16.8. The number of ether oxygens (including phenoxy) is 2. The Hall–Kier alpha value is -2.28. The van der Waals surface area contributed by atoms with Crippen LogP contribution in [0.4, 0.5) is 5.69 Å². The molecule has 1 aromatic rings. The van der Waals surface area contributed by atoms with Crippen LogP contribution >= 0.6 is 0 Å². The maximum absolute atomic E-state index is 12.5. The molecule has 23 heavy (non-hydrogen) atoms. The molecule has 1 aromatic carbocycles. The molecule has 0 aromatic heterocycles. The average Bonchev–Trinajstić information content (AvgIpc) is 2.54. The van der Waals surface area contributed by atoms with E-state index in [1.54, 1.807) is 12.1 Å². The molecule has 7 nitrogen and oxygen atoms in total. The minimum Gasteiger partial charge on any atom is -0.493 e. The quantitative estimate of drug-likeness (QED) is 0.757. The molecule has 126 valence electrons. The van der Waals surface area contributed by atoms with Gasteiger partial charge in [0.05, 0.1) is 19.9 Å². The highest BCUT2D eigenvalue weighted by molar-refractivity contribution is 5.99. The molecule has 0 spiro atoms. The monoisotopic (exact) mass is 321 g/mol. The summed E-state index contributed by atoms with van der Waals surface area (Å²) in [6.45, 7) is 3.14. The van der Waals surface area contributed by atoms with Gasteiger partial charge in [0.2, 0.25) is 5.91 Å². The molecule has 0 radical (unpaired) electrons. The van der Waals surface area contributed by atoms with E-state index in [9.17, 15) is 9.59 Å². The summed E-state index contributed by atoms with van der Waals surface area (Å²) < 4.78 is 10.5. The number of piperidine rings is 1. The molecule has 2 rings (SSSR count). The van der Waals surface area contributed by atoms with Gasteiger partial charge in [-0.1, -0.05) is 0 Å². The van der Waals surface area contributed by atoms with Gasteiger partial charge >= 0.3 is 0 Å². The van der Waals surface area contributed by atoms with Gasteiger partial charge in [-0.15, -0.1) is 0 Å². The first-order chi connectivity index (χ1) is 11.0.